The summed E-state index contributed by atoms with van der Waals surface area (Å²) >= 11 is 0. The molecule has 0 saturated carbocycles. The second kappa shape index (κ2) is 9.18. The number of nitrogens with one attached hydrogen (secondary N) is 1. The fraction of sp³-hybridized carbons (Fsp3) is 0.333. The Morgan fingerprint density at radius 2 is 1.55 bits per heavy atom. The minimum Gasteiger partial charge on any atom is -0.496 e. The zero-order valence-corrected chi connectivity index (χ0v) is 16.8. The minimum atomic E-state index is -0.361. The Bertz CT molecular complexity index is 856. The van der Waals surface area contributed by atoms with Gasteiger partial charge in [-0.25, -0.2) is 0 Å². The quantitative estimate of drug-likeness (QED) is 0.720. The van der Waals surface area contributed by atoms with Gasteiger partial charge < -0.3 is 29.3 Å². The minimum absolute atomic E-state index is 0.310. The molecule has 2 amide bonds. The Balaban J connectivity index is 1.87. The molecule has 3 rings (SSSR count). The largest absolute Gasteiger partial charge is 0.496 e. The number of hydrogen-bond donors (Lipinski definition) is 1. The molecule has 2 aromatic rings. The van der Waals surface area contributed by atoms with Crippen molar-refractivity contribution in [2.45, 2.75) is 0 Å². The topological polar surface area (TPSA) is 80.3 Å². The van der Waals surface area contributed by atoms with E-state index in [1.54, 1.807) is 30.2 Å². The predicted molar refractivity (Wildman–Crippen MR) is 110 cm³/mol. The van der Waals surface area contributed by atoms with Crippen LogP contribution in [0.1, 0.15) is 10.4 Å². The van der Waals surface area contributed by atoms with Gasteiger partial charge in [0.15, 0.2) is 0 Å². The molecule has 0 spiro atoms. The van der Waals surface area contributed by atoms with E-state index in [0.29, 0.717) is 41.6 Å². The van der Waals surface area contributed by atoms with Crippen molar-refractivity contribution in [1.82, 2.24) is 4.90 Å². The van der Waals surface area contributed by atoms with Crippen LogP contribution in [0.25, 0.3) is 0 Å². The number of piperazine rings is 1. The number of methoxy groups -OCH3 is 3. The summed E-state index contributed by atoms with van der Waals surface area (Å²) in [4.78, 5) is 27.9. The number of benzene rings is 2. The van der Waals surface area contributed by atoms with E-state index in [4.69, 9.17) is 14.2 Å². The van der Waals surface area contributed by atoms with Crippen molar-refractivity contribution >= 4 is 23.7 Å². The molecule has 1 fully saturated rings. The highest BCUT2D eigenvalue weighted by Crippen LogP contribution is 2.33. The van der Waals surface area contributed by atoms with Crippen molar-refractivity contribution in [2.75, 3.05) is 57.7 Å². The first-order chi connectivity index (χ1) is 14.1. The predicted octanol–water partition coefficient (Wildman–Crippen LogP) is 2.24. The number of carbonyl (C=O) groups excluding carboxylic acids is 2. The first-order valence-electron chi connectivity index (χ1n) is 9.26. The van der Waals surface area contributed by atoms with Gasteiger partial charge in [-0.1, -0.05) is 6.07 Å². The smallest absolute Gasteiger partial charge is 0.263 e. The summed E-state index contributed by atoms with van der Waals surface area (Å²) in [5, 5.41) is 2.91. The lowest BCUT2D eigenvalue weighted by Gasteiger charge is -2.34. The summed E-state index contributed by atoms with van der Waals surface area (Å²) in [5.74, 6) is 1.02. The van der Waals surface area contributed by atoms with Crippen LogP contribution in [0.15, 0.2) is 36.4 Å². The van der Waals surface area contributed by atoms with Gasteiger partial charge in [0.1, 0.15) is 22.8 Å². The standard InChI is InChI=1S/C21H25N3O5/c1-27-17-8-7-15(24-11-9-23(14-25)10-12-24)13-16(17)22-21(26)20-18(28-2)5-4-6-19(20)29-3/h4-8,13-14H,9-12H2,1-3H3,(H,22,26). The second-order valence-corrected chi connectivity index (χ2v) is 6.50. The average Bonchev–Trinajstić information content (AvgIpc) is 2.78. The van der Waals surface area contributed by atoms with Crippen molar-refractivity contribution in [3.05, 3.63) is 42.0 Å². The number of rotatable bonds is 7. The Morgan fingerprint density at radius 3 is 2.10 bits per heavy atom. The molecule has 29 heavy (non-hydrogen) atoms. The monoisotopic (exact) mass is 399 g/mol. The highest BCUT2D eigenvalue weighted by atomic mass is 16.5. The lowest BCUT2D eigenvalue weighted by atomic mass is 10.1. The molecule has 154 valence electrons. The van der Waals surface area contributed by atoms with Crippen molar-refractivity contribution in [1.29, 1.82) is 0 Å². The Morgan fingerprint density at radius 1 is 0.931 bits per heavy atom. The summed E-state index contributed by atoms with van der Waals surface area (Å²) in [7, 11) is 4.56. The van der Waals surface area contributed by atoms with Gasteiger partial charge in [0, 0.05) is 31.9 Å². The summed E-state index contributed by atoms with van der Waals surface area (Å²) in [5.41, 5.74) is 1.80. The normalized spacial score (nSPS) is 13.6. The van der Waals surface area contributed by atoms with Gasteiger partial charge in [-0.05, 0) is 30.3 Å². The Kier molecular flexibility index (Phi) is 6.43. The zero-order valence-electron chi connectivity index (χ0n) is 16.8. The molecule has 1 N–H and O–H groups in total. The first kappa shape index (κ1) is 20.3. The van der Waals surface area contributed by atoms with Crippen LogP contribution in [0.5, 0.6) is 17.2 Å². The van der Waals surface area contributed by atoms with Crippen LogP contribution in [0.2, 0.25) is 0 Å². The molecule has 0 atom stereocenters. The van der Waals surface area contributed by atoms with Crippen LogP contribution in [-0.2, 0) is 4.79 Å². The lowest BCUT2D eigenvalue weighted by molar-refractivity contribution is -0.118. The van der Waals surface area contributed by atoms with Gasteiger partial charge in [0.05, 0.1) is 27.0 Å². The molecular formula is C21H25N3O5. The van der Waals surface area contributed by atoms with E-state index >= 15 is 0 Å². The molecule has 0 aliphatic carbocycles. The zero-order chi connectivity index (χ0) is 20.8. The van der Waals surface area contributed by atoms with E-state index in [1.807, 2.05) is 18.2 Å². The van der Waals surface area contributed by atoms with Gasteiger partial charge in [-0.3, -0.25) is 9.59 Å². The van der Waals surface area contributed by atoms with Gasteiger partial charge in [-0.2, -0.15) is 0 Å². The Hall–Kier alpha value is -3.42. The van der Waals surface area contributed by atoms with Gasteiger partial charge in [0.2, 0.25) is 6.41 Å². The van der Waals surface area contributed by atoms with E-state index in [0.717, 1.165) is 25.2 Å². The van der Waals surface area contributed by atoms with Crippen molar-refractivity contribution < 1.29 is 23.8 Å². The first-order valence-corrected chi connectivity index (χ1v) is 9.26. The molecule has 0 bridgehead atoms. The molecular weight excluding hydrogens is 374 g/mol. The van der Waals surface area contributed by atoms with Crippen molar-refractivity contribution in [2.24, 2.45) is 0 Å². The van der Waals surface area contributed by atoms with Crippen LogP contribution in [-0.4, -0.2) is 64.7 Å². The number of nitrogens with zero attached hydrogens (tertiary/aromatic N) is 2. The third-order valence-corrected chi connectivity index (χ3v) is 4.91. The molecule has 2 aromatic carbocycles. The van der Waals surface area contributed by atoms with Crippen LogP contribution in [0.4, 0.5) is 11.4 Å². The van der Waals surface area contributed by atoms with Crippen molar-refractivity contribution in [3.63, 3.8) is 0 Å². The molecule has 0 radical (unpaired) electrons. The van der Waals surface area contributed by atoms with E-state index in [9.17, 15) is 9.59 Å². The third-order valence-electron chi connectivity index (χ3n) is 4.91. The maximum Gasteiger partial charge on any atom is 0.263 e. The molecule has 1 heterocycles. The second-order valence-electron chi connectivity index (χ2n) is 6.50. The fourth-order valence-electron chi connectivity index (χ4n) is 3.34. The maximum absolute atomic E-state index is 13.0. The molecule has 8 heteroatoms. The van der Waals surface area contributed by atoms with E-state index in [-0.39, 0.29) is 5.91 Å². The maximum atomic E-state index is 13.0. The number of carbonyl (C=O) groups is 2. The number of ether oxygens (including phenoxy) is 3. The number of amides is 2. The molecule has 1 saturated heterocycles. The molecule has 1 aliphatic heterocycles. The SMILES string of the molecule is COc1ccc(N2CCN(C=O)CC2)cc1NC(=O)c1c(OC)cccc1OC. The van der Waals surface area contributed by atoms with Crippen molar-refractivity contribution in [3.8, 4) is 17.2 Å². The summed E-state index contributed by atoms with van der Waals surface area (Å²) < 4.78 is 16.1. The summed E-state index contributed by atoms with van der Waals surface area (Å²) in [6.07, 6.45) is 0.873. The van der Waals surface area contributed by atoms with E-state index in [2.05, 4.69) is 10.2 Å². The highest BCUT2D eigenvalue weighted by molar-refractivity contribution is 6.09. The average molecular weight is 399 g/mol. The van der Waals surface area contributed by atoms with E-state index < -0.39 is 0 Å². The van der Waals surface area contributed by atoms with Gasteiger partial charge in [-0.15, -0.1) is 0 Å². The van der Waals surface area contributed by atoms with Crippen LogP contribution in [0, 0.1) is 0 Å². The van der Waals surface area contributed by atoms with Crippen LogP contribution < -0.4 is 24.4 Å². The molecule has 0 unspecified atom stereocenters. The highest BCUT2D eigenvalue weighted by Gasteiger charge is 2.21. The molecule has 8 nitrogen and oxygen atoms in total. The van der Waals surface area contributed by atoms with Gasteiger partial charge in [0.25, 0.3) is 5.91 Å². The van der Waals surface area contributed by atoms with Gasteiger partial charge >= 0.3 is 0 Å². The van der Waals surface area contributed by atoms with E-state index in [1.165, 1.54) is 14.2 Å². The Labute approximate surface area is 170 Å². The molecule has 0 aromatic heterocycles. The number of hydrogen-bond acceptors (Lipinski definition) is 6. The molecule has 1 aliphatic rings. The van der Waals surface area contributed by atoms with Crippen LogP contribution >= 0.6 is 0 Å². The van der Waals surface area contributed by atoms with Crippen LogP contribution in [0.3, 0.4) is 0 Å². The third kappa shape index (κ3) is 4.37. The summed E-state index contributed by atoms with van der Waals surface area (Å²) in [6.45, 7) is 2.77. The lowest BCUT2D eigenvalue weighted by Crippen LogP contribution is -2.45. The summed E-state index contributed by atoms with van der Waals surface area (Å²) in [6, 6.07) is 10.8. The fourth-order valence-corrected chi connectivity index (χ4v) is 3.34. The number of anilines is 2.